The summed E-state index contributed by atoms with van der Waals surface area (Å²) in [4.78, 5) is 30.8. The molecule has 0 aromatic carbocycles. The summed E-state index contributed by atoms with van der Waals surface area (Å²) < 4.78 is 1.76. The Morgan fingerprint density at radius 2 is 2.35 bits per heavy atom. The van der Waals surface area contributed by atoms with E-state index in [1.165, 1.54) is 11.3 Å². The van der Waals surface area contributed by atoms with Gasteiger partial charge in [-0.05, 0) is 19.3 Å². The normalized spacial score (nSPS) is 17.4. The van der Waals surface area contributed by atoms with Crippen LogP contribution in [0, 0.1) is 0 Å². The van der Waals surface area contributed by atoms with Crippen LogP contribution in [0.2, 0.25) is 0 Å². The highest BCUT2D eigenvalue weighted by Crippen LogP contribution is 2.22. The number of carbonyl (C=O) groups is 2. The number of anilines is 1. The Morgan fingerprint density at radius 1 is 1.48 bits per heavy atom. The average Bonchev–Trinajstić information content (AvgIpc) is 3.28. The lowest BCUT2D eigenvalue weighted by Gasteiger charge is -2.22. The van der Waals surface area contributed by atoms with E-state index in [0.717, 1.165) is 19.4 Å². The number of likely N-dealkylation sites (tertiary alicyclic amines) is 1. The maximum atomic E-state index is 12.7. The van der Waals surface area contributed by atoms with Crippen molar-refractivity contribution in [2.75, 3.05) is 11.9 Å². The number of hydrogen-bond donors (Lipinski definition) is 1. The maximum Gasteiger partial charge on any atom is 0.257 e. The van der Waals surface area contributed by atoms with Gasteiger partial charge in [0.15, 0.2) is 5.13 Å². The molecule has 7 nitrogen and oxygen atoms in total. The highest BCUT2D eigenvalue weighted by atomic mass is 32.1. The Hall–Kier alpha value is -2.22. The van der Waals surface area contributed by atoms with Gasteiger partial charge in [0.05, 0.1) is 11.8 Å². The average molecular weight is 333 g/mol. The molecule has 122 valence electrons. The minimum Gasteiger partial charge on any atom is -0.327 e. The van der Waals surface area contributed by atoms with Crippen molar-refractivity contribution in [3.63, 3.8) is 0 Å². The molecule has 3 rings (SSSR count). The van der Waals surface area contributed by atoms with Crippen molar-refractivity contribution < 1.29 is 9.59 Å². The van der Waals surface area contributed by atoms with Crippen molar-refractivity contribution in [2.45, 2.75) is 38.8 Å². The van der Waals surface area contributed by atoms with E-state index in [4.69, 9.17) is 0 Å². The number of carbonyl (C=O) groups excluding carboxylic acids is 2. The van der Waals surface area contributed by atoms with Crippen LogP contribution in [0.5, 0.6) is 0 Å². The van der Waals surface area contributed by atoms with E-state index < -0.39 is 6.04 Å². The molecule has 8 heteroatoms. The molecule has 0 bridgehead atoms. The Bertz CT molecular complexity index is 682. The first-order chi connectivity index (χ1) is 11.2. The summed E-state index contributed by atoms with van der Waals surface area (Å²) >= 11 is 1.37. The van der Waals surface area contributed by atoms with Gasteiger partial charge in [-0.1, -0.05) is 6.92 Å². The highest BCUT2D eigenvalue weighted by molar-refractivity contribution is 7.13. The van der Waals surface area contributed by atoms with Crippen molar-refractivity contribution >= 4 is 28.3 Å². The van der Waals surface area contributed by atoms with Crippen LogP contribution in [-0.2, 0) is 11.3 Å². The smallest absolute Gasteiger partial charge is 0.257 e. The Balaban J connectivity index is 1.69. The molecule has 1 unspecified atom stereocenters. The van der Waals surface area contributed by atoms with E-state index in [2.05, 4.69) is 22.3 Å². The number of hydrogen-bond acceptors (Lipinski definition) is 5. The number of aryl methyl sites for hydroxylation is 1. The van der Waals surface area contributed by atoms with Crippen molar-refractivity contribution in [1.82, 2.24) is 19.7 Å². The van der Waals surface area contributed by atoms with Crippen LogP contribution < -0.4 is 5.32 Å². The van der Waals surface area contributed by atoms with Gasteiger partial charge in [0.25, 0.3) is 5.91 Å². The fraction of sp³-hybridized carbons (Fsp3) is 0.467. The quantitative estimate of drug-likeness (QED) is 0.907. The predicted molar refractivity (Wildman–Crippen MR) is 87.3 cm³/mol. The third-order valence-electron chi connectivity index (χ3n) is 3.81. The van der Waals surface area contributed by atoms with E-state index in [0.29, 0.717) is 23.7 Å². The molecule has 2 aromatic rings. The zero-order chi connectivity index (χ0) is 16.2. The first-order valence-electron chi connectivity index (χ1n) is 7.73. The molecule has 0 saturated carbocycles. The Morgan fingerprint density at radius 3 is 3.09 bits per heavy atom. The molecule has 0 radical (unpaired) electrons. The third kappa shape index (κ3) is 3.42. The number of thiazole rings is 1. The van der Waals surface area contributed by atoms with Gasteiger partial charge in [-0.15, -0.1) is 11.3 Å². The monoisotopic (exact) mass is 333 g/mol. The lowest BCUT2D eigenvalue weighted by atomic mass is 10.2. The van der Waals surface area contributed by atoms with Crippen molar-refractivity contribution in [3.8, 4) is 0 Å². The lowest BCUT2D eigenvalue weighted by molar-refractivity contribution is -0.119. The largest absolute Gasteiger partial charge is 0.327 e. The van der Waals surface area contributed by atoms with Gasteiger partial charge >= 0.3 is 0 Å². The Labute approximate surface area is 138 Å². The van der Waals surface area contributed by atoms with Crippen LogP contribution in [0.3, 0.4) is 0 Å². The topological polar surface area (TPSA) is 80.1 Å². The summed E-state index contributed by atoms with van der Waals surface area (Å²) in [7, 11) is 0. The molecule has 1 aliphatic rings. The van der Waals surface area contributed by atoms with Crippen LogP contribution >= 0.6 is 11.3 Å². The summed E-state index contributed by atoms with van der Waals surface area (Å²) in [6.45, 7) is 3.43. The highest BCUT2D eigenvalue weighted by Gasteiger charge is 2.35. The minimum atomic E-state index is -0.444. The van der Waals surface area contributed by atoms with Crippen LogP contribution in [0.4, 0.5) is 5.13 Å². The molecular formula is C15H19N5O2S. The molecule has 0 aliphatic carbocycles. The van der Waals surface area contributed by atoms with Crippen LogP contribution in [0.1, 0.15) is 36.5 Å². The van der Waals surface area contributed by atoms with Crippen molar-refractivity contribution in [3.05, 3.63) is 29.5 Å². The van der Waals surface area contributed by atoms with E-state index in [9.17, 15) is 9.59 Å². The number of nitrogens with zero attached hydrogens (tertiary/aromatic N) is 4. The maximum absolute atomic E-state index is 12.7. The number of aromatic nitrogens is 3. The molecule has 1 N–H and O–H groups in total. The summed E-state index contributed by atoms with van der Waals surface area (Å²) in [5.41, 5.74) is 0.535. The first kappa shape index (κ1) is 15.7. The number of rotatable bonds is 5. The SMILES string of the molecule is CCCn1cc(C(=O)N2CCCC2C(=O)Nc2nccs2)cn1. The fourth-order valence-electron chi connectivity index (χ4n) is 2.75. The first-order valence-corrected chi connectivity index (χ1v) is 8.60. The zero-order valence-corrected chi connectivity index (χ0v) is 13.8. The number of amides is 2. The van der Waals surface area contributed by atoms with E-state index in [-0.39, 0.29) is 11.8 Å². The second-order valence-corrected chi connectivity index (χ2v) is 6.37. The second-order valence-electron chi connectivity index (χ2n) is 5.48. The zero-order valence-electron chi connectivity index (χ0n) is 12.9. The third-order valence-corrected chi connectivity index (χ3v) is 4.50. The van der Waals surface area contributed by atoms with Gasteiger partial charge in [0, 0.05) is 30.9 Å². The molecule has 3 heterocycles. The second kappa shape index (κ2) is 6.91. The van der Waals surface area contributed by atoms with Gasteiger partial charge in [-0.3, -0.25) is 14.3 Å². The molecule has 2 amide bonds. The molecule has 1 atom stereocenters. The van der Waals surface area contributed by atoms with Crippen LogP contribution in [-0.4, -0.2) is 44.1 Å². The molecule has 1 aliphatic heterocycles. The predicted octanol–water partition coefficient (Wildman–Crippen LogP) is 1.99. The molecule has 2 aromatic heterocycles. The molecule has 23 heavy (non-hydrogen) atoms. The standard InChI is InChI=1S/C15H19N5O2S/c1-2-6-19-10-11(9-17-19)14(22)20-7-3-4-12(20)13(21)18-15-16-5-8-23-15/h5,8-10,12H,2-4,6-7H2,1H3,(H,16,18,21). The van der Waals surface area contributed by atoms with Crippen LogP contribution in [0.15, 0.2) is 24.0 Å². The molecular weight excluding hydrogens is 314 g/mol. The minimum absolute atomic E-state index is 0.135. The summed E-state index contributed by atoms with van der Waals surface area (Å²) in [6, 6.07) is -0.444. The van der Waals surface area contributed by atoms with Crippen molar-refractivity contribution in [2.24, 2.45) is 0 Å². The Kier molecular flexibility index (Phi) is 4.71. The summed E-state index contributed by atoms with van der Waals surface area (Å²) in [5, 5.41) is 9.33. The van der Waals surface area contributed by atoms with E-state index in [1.807, 2.05) is 0 Å². The van der Waals surface area contributed by atoms with Gasteiger partial charge in [0.2, 0.25) is 5.91 Å². The molecule has 1 saturated heterocycles. The van der Waals surface area contributed by atoms with Crippen LogP contribution in [0.25, 0.3) is 0 Å². The van der Waals surface area contributed by atoms with Gasteiger partial charge in [0.1, 0.15) is 6.04 Å². The summed E-state index contributed by atoms with van der Waals surface area (Å²) in [5.74, 6) is -0.309. The van der Waals surface area contributed by atoms with E-state index in [1.54, 1.807) is 33.6 Å². The van der Waals surface area contributed by atoms with E-state index >= 15 is 0 Å². The lowest BCUT2D eigenvalue weighted by Crippen LogP contribution is -2.43. The fourth-order valence-corrected chi connectivity index (χ4v) is 3.28. The van der Waals surface area contributed by atoms with Gasteiger partial charge in [-0.2, -0.15) is 5.10 Å². The molecule has 0 spiro atoms. The summed E-state index contributed by atoms with van der Waals surface area (Å²) in [6.07, 6.45) is 7.42. The van der Waals surface area contributed by atoms with Gasteiger partial charge < -0.3 is 10.2 Å². The van der Waals surface area contributed by atoms with Crippen molar-refractivity contribution in [1.29, 1.82) is 0 Å². The van der Waals surface area contributed by atoms with Gasteiger partial charge in [-0.25, -0.2) is 4.98 Å². The molecule has 1 fully saturated rings. The number of nitrogens with one attached hydrogen (secondary N) is 1.